The summed E-state index contributed by atoms with van der Waals surface area (Å²) in [5.74, 6) is -2.35. The number of aliphatic carboxylic acids is 1. The molecule has 8 heteroatoms. The summed E-state index contributed by atoms with van der Waals surface area (Å²) in [6, 6.07) is 9.64. The summed E-state index contributed by atoms with van der Waals surface area (Å²) in [6.07, 6.45) is -0.192. The molecule has 7 nitrogen and oxygen atoms in total. The quantitative estimate of drug-likeness (QED) is 0.581. The van der Waals surface area contributed by atoms with E-state index in [9.17, 15) is 14.4 Å². The van der Waals surface area contributed by atoms with E-state index in [0.717, 1.165) is 15.6 Å². The summed E-state index contributed by atoms with van der Waals surface area (Å²) >= 11 is 1.51. The van der Waals surface area contributed by atoms with E-state index >= 15 is 0 Å². The molecule has 1 heterocycles. The Bertz CT molecular complexity index is 840. The normalized spacial score (nSPS) is 11.5. The van der Waals surface area contributed by atoms with Crippen molar-refractivity contribution in [2.75, 3.05) is 13.1 Å². The highest BCUT2D eigenvalue weighted by Crippen LogP contribution is 2.31. The van der Waals surface area contributed by atoms with Crippen LogP contribution in [0.1, 0.15) is 30.7 Å². The van der Waals surface area contributed by atoms with Crippen LogP contribution in [0, 0.1) is 11.3 Å². The zero-order valence-corrected chi connectivity index (χ0v) is 14.8. The van der Waals surface area contributed by atoms with Crippen molar-refractivity contribution in [3.05, 3.63) is 35.2 Å². The second-order valence-electron chi connectivity index (χ2n) is 5.64. The minimum absolute atomic E-state index is 0.0670. The Balaban J connectivity index is 2.14. The van der Waals surface area contributed by atoms with Crippen LogP contribution in [0.25, 0.3) is 10.1 Å². The Morgan fingerprint density at radius 1 is 1.19 bits per heavy atom. The molecule has 1 atom stereocenters. The van der Waals surface area contributed by atoms with Crippen LogP contribution in [-0.2, 0) is 14.4 Å². The number of nitrogens with zero attached hydrogens (tertiary/aromatic N) is 1. The van der Waals surface area contributed by atoms with Crippen molar-refractivity contribution in [1.82, 2.24) is 10.6 Å². The lowest BCUT2D eigenvalue weighted by molar-refractivity contribution is -0.139. The SMILES string of the molecule is N#CCCNC(=O)C(CNC(=O)CCC(=O)O)c1csc2ccccc12. The van der Waals surface area contributed by atoms with Crippen molar-refractivity contribution in [3.63, 3.8) is 0 Å². The largest absolute Gasteiger partial charge is 0.481 e. The number of carbonyl (C=O) groups is 3. The molecule has 136 valence electrons. The van der Waals surface area contributed by atoms with Gasteiger partial charge in [-0.2, -0.15) is 5.26 Å². The van der Waals surface area contributed by atoms with Crippen LogP contribution in [0.15, 0.2) is 29.6 Å². The van der Waals surface area contributed by atoms with Crippen LogP contribution in [0.5, 0.6) is 0 Å². The van der Waals surface area contributed by atoms with Gasteiger partial charge in [-0.05, 0) is 22.4 Å². The Kier molecular flexibility index (Phi) is 7.12. The number of rotatable bonds is 9. The third-order valence-electron chi connectivity index (χ3n) is 3.81. The number of benzene rings is 1. The molecule has 0 spiro atoms. The van der Waals surface area contributed by atoms with Crippen molar-refractivity contribution >= 4 is 39.2 Å². The van der Waals surface area contributed by atoms with Crippen LogP contribution in [0.3, 0.4) is 0 Å². The Morgan fingerprint density at radius 2 is 1.96 bits per heavy atom. The van der Waals surface area contributed by atoms with E-state index in [2.05, 4.69) is 10.6 Å². The first-order valence-electron chi connectivity index (χ1n) is 8.12. The second kappa shape index (κ2) is 9.53. The van der Waals surface area contributed by atoms with Gasteiger partial charge in [-0.3, -0.25) is 14.4 Å². The minimum atomic E-state index is -1.05. The van der Waals surface area contributed by atoms with Gasteiger partial charge in [0.1, 0.15) is 0 Å². The van der Waals surface area contributed by atoms with E-state index in [1.165, 1.54) is 11.3 Å². The van der Waals surface area contributed by atoms with Crippen molar-refractivity contribution in [1.29, 1.82) is 5.26 Å². The molecule has 2 amide bonds. The number of nitriles is 1. The van der Waals surface area contributed by atoms with Gasteiger partial charge in [0.25, 0.3) is 0 Å². The van der Waals surface area contributed by atoms with Crippen LogP contribution < -0.4 is 10.6 Å². The van der Waals surface area contributed by atoms with Crippen molar-refractivity contribution in [2.24, 2.45) is 0 Å². The number of amides is 2. The van der Waals surface area contributed by atoms with E-state index in [-0.39, 0.29) is 38.3 Å². The standard InChI is InChI=1S/C18H19N3O4S/c19-8-3-9-20-18(25)13(10-21-16(22)6-7-17(23)24)14-11-26-15-5-2-1-4-12(14)15/h1-2,4-5,11,13H,3,6-7,9-10H2,(H,20,25)(H,21,22)(H,23,24). The van der Waals surface area contributed by atoms with Gasteiger partial charge >= 0.3 is 5.97 Å². The fourth-order valence-corrected chi connectivity index (χ4v) is 3.52. The third kappa shape index (κ3) is 5.29. The van der Waals surface area contributed by atoms with Crippen LogP contribution >= 0.6 is 11.3 Å². The number of fused-ring (bicyclic) bond motifs is 1. The molecular weight excluding hydrogens is 354 g/mol. The molecule has 0 aliphatic rings. The van der Waals surface area contributed by atoms with Gasteiger partial charge < -0.3 is 15.7 Å². The van der Waals surface area contributed by atoms with E-state index in [0.29, 0.717) is 0 Å². The summed E-state index contributed by atoms with van der Waals surface area (Å²) in [5.41, 5.74) is 0.804. The lowest BCUT2D eigenvalue weighted by Gasteiger charge is -2.17. The molecule has 1 aromatic heterocycles. The molecule has 1 aromatic carbocycles. The average molecular weight is 373 g/mol. The summed E-state index contributed by atoms with van der Waals surface area (Å²) < 4.78 is 1.04. The molecule has 0 saturated heterocycles. The maximum atomic E-state index is 12.6. The first kappa shape index (κ1) is 19.4. The second-order valence-corrected chi connectivity index (χ2v) is 6.55. The van der Waals surface area contributed by atoms with E-state index < -0.39 is 17.8 Å². The van der Waals surface area contributed by atoms with E-state index in [1.807, 2.05) is 35.7 Å². The Hall–Kier alpha value is -2.92. The van der Waals surface area contributed by atoms with Crippen LogP contribution in [0.4, 0.5) is 0 Å². The number of carboxylic acid groups (broad SMARTS) is 1. The highest BCUT2D eigenvalue weighted by Gasteiger charge is 2.24. The molecule has 26 heavy (non-hydrogen) atoms. The van der Waals surface area contributed by atoms with Crippen molar-refractivity contribution in [3.8, 4) is 6.07 Å². The number of hydrogen-bond donors (Lipinski definition) is 3. The topological polar surface area (TPSA) is 119 Å². The first-order chi connectivity index (χ1) is 12.5. The molecule has 3 N–H and O–H groups in total. The molecule has 0 aliphatic carbocycles. The summed E-state index contributed by atoms with van der Waals surface area (Å²) in [4.78, 5) is 35.0. The lowest BCUT2D eigenvalue weighted by atomic mass is 9.97. The van der Waals surface area contributed by atoms with Gasteiger partial charge in [-0.1, -0.05) is 18.2 Å². The summed E-state index contributed by atoms with van der Waals surface area (Å²) in [6.45, 7) is 0.304. The average Bonchev–Trinajstić information content (AvgIpc) is 3.04. The van der Waals surface area contributed by atoms with Gasteiger partial charge in [0.15, 0.2) is 0 Å². The monoisotopic (exact) mass is 373 g/mol. The Morgan fingerprint density at radius 3 is 2.69 bits per heavy atom. The summed E-state index contributed by atoms with van der Waals surface area (Å²) in [7, 11) is 0. The maximum absolute atomic E-state index is 12.6. The number of carboxylic acids is 1. The number of carbonyl (C=O) groups excluding carboxylic acids is 2. The van der Waals surface area contributed by atoms with Gasteiger partial charge in [0.2, 0.25) is 11.8 Å². The zero-order valence-electron chi connectivity index (χ0n) is 14.0. The fraction of sp³-hybridized carbons (Fsp3) is 0.333. The third-order valence-corrected chi connectivity index (χ3v) is 4.79. The Labute approximate surface area is 154 Å². The molecule has 0 bridgehead atoms. The number of thiophene rings is 1. The van der Waals surface area contributed by atoms with E-state index in [1.54, 1.807) is 0 Å². The van der Waals surface area contributed by atoms with Crippen LogP contribution in [-0.4, -0.2) is 36.0 Å². The minimum Gasteiger partial charge on any atom is -0.481 e. The molecule has 0 saturated carbocycles. The van der Waals surface area contributed by atoms with Crippen molar-refractivity contribution in [2.45, 2.75) is 25.2 Å². The lowest BCUT2D eigenvalue weighted by Crippen LogP contribution is -2.37. The maximum Gasteiger partial charge on any atom is 0.303 e. The fourth-order valence-electron chi connectivity index (χ4n) is 2.50. The van der Waals surface area contributed by atoms with E-state index in [4.69, 9.17) is 10.4 Å². The van der Waals surface area contributed by atoms with Gasteiger partial charge in [0, 0.05) is 24.2 Å². The molecule has 2 aromatic rings. The number of hydrogen-bond acceptors (Lipinski definition) is 5. The first-order valence-corrected chi connectivity index (χ1v) is 9.00. The molecule has 0 fully saturated rings. The van der Waals surface area contributed by atoms with Gasteiger partial charge in [-0.25, -0.2) is 0 Å². The van der Waals surface area contributed by atoms with Crippen molar-refractivity contribution < 1.29 is 19.5 Å². The van der Waals surface area contributed by atoms with Crippen LogP contribution in [0.2, 0.25) is 0 Å². The molecule has 1 unspecified atom stereocenters. The molecular formula is C18H19N3O4S. The zero-order chi connectivity index (χ0) is 18.9. The molecule has 0 aliphatic heterocycles. The summed E-state index contributed by atoms with van der Waals surface area (Å²) in [5, 5.41) is 25.4. The smallest absolute Gasteiger partial charge is 0.303 e. The predicted molar refractivity (Wildman–Crippen MR) is 97.7 cm³/mol. The highest BCUT2D eigenvalue weighted by molar-refractivity contribution is 7.17. The predicted octanol–water partition coefficient (Wildman–Crippen LogP) is 2.00. The number of nitrogens with one attached hydrogen (secondary N) is 2. The van der Waals surface area contributed by atoms with Gasteiger partial charge in [0.05, 0.1) is 24.8 Å². The molecule has 2 rings (SSSR count). The molecule has 0 radical (unpaired) electrons. The van der Waals surface area contributed by atoms with Gasteiger partial charge in [-0.15, -0.1) is 11.3 Å². The highest BCUT2D eigenvalue weighted by atomic mass is 32.1.